The lowest BCUT2D eigenvalue weighted by Gasteiger charge is -2.36. The zero-order chi connectivity index (χ0) is 17.4. The molecule has 2 saturated heterocycles. The molecule has 2 aliphatic heterocycles. The molecule has 4 rings (SSSR count). The molecule has 0 aromatic carbocycles. The predicted octanol–water partition coefficient (Wildman–Crippen LogP) is 1.69. The first-order valence-corrected chi connectivity index (χ1v) is 9.85. The molecule has 134 valence electrons. The molecule has 2 aromatic heterocycles. The van der Waals surface area contributed by atoms with Gasteiger partial charge in [-0.3, -0.25) is 9.59 Å². The van der Waals surface area contributed by atoms with Gasteiger partial charge in [-0.25, -0.2) is 4.98 Å². The highest BCUT2D eigenvalue weighted by molar-refractivity contribution is 7.20. The molecule has 4 heterocycles. The van der Waals surface area contributed by atoms with E-state index in [0.717, 1.165) is 50.4 Å². The van der Waals surface area contributed by atoms with Crippen molar-refractivity contribution in [3.05, 3.63) is 22.1 Å². The van der Waals surface area contributed by atoms with E-state index in [1.807, 2.05) is 11.8 Å². The Bertz CT molecular complexity index is 839. The highest BCUT2D eigenvalue weighted by atomic mass is 32.1. The number of hydrogen-bond donors (Lipinski definition) is 0. The van der Waals surface area contributed by atoms with E-state index >= 15 is 0 Å². The Balaban J connectivity index is 1.54. The van der Waals surface area contributed by atoms with Gasteiger partial charge in [0.05, 0.1) is 5.92 Å². The standard InChI is InChI=1S/C17H23N5O2S/c1-12-10-14(23)22-16(18-12)25-17(19-22)21-9-5-6-13(11-21)15(24)20-7-3-2-4-8-20/h10,13H,2-9,11H2,1H3. The zero-order valence-corrected chi connectivity index (χ0v) is 15.3. The number of piperidine rings is 2. The van der Waals surface area contributed by atoms with E-state index in [1.54, 1.807) is 0 Å². The smallest absolute Gasteiger partial charge is 0.275 e. The van der Waals surface area contributed by atoms with Crippen LogP contribution in [-0.4, -0.2) is 51.6 Å². The molecule has 0 N–H and O–H groups in total. The SMILES string of the molecule is Cc1cc(=O)n2nc(N3CCCC(C(=O)N4CCCCC4)C3)sc2n1. The van der Waals surface area contributed by atoms with E-state index in [0.29, 0.717) is 17.2 Å². The quantitative estimate of drug-likeness (QED) is 0.814. The van der Waals surface area contributed by atoms with E-state index in [2.05, 4.69) is 15.0 Å². The minimum absolute atomic E-state index is 0.0327. The Morgan fingerprint density at radius 1 is 1.20 bits per heavy atom. The van der Waals surface area contributed by atoms with Crippen molar-refractivity contribution in [1.82, 2.24) is 19.5 Å². The maximum absolute atomic E-state index is 12.8. The third-order valence-corrected chi connectivity index (χ3v) is 6.04. The van der Waals surface area contributed by atoms with Gasteiger partial charge < -0.3 is 9.80 Å². The summed E-state index contributed by atoms with van der Waals surface area (Å²) in [5, 5.41) is 5.23. The molecular weight excluding hydrogens is 338 g/mol. The fourth-order valence-electron chi connectivity index (χ4n) is 3.76. The first-order valence-electron chi connectivity index (χ1n) is 9.03. The molecule has 2 aromatic rings. The van der Waals surface area contributed by atoms with Crippen molar-refractivity contribution in [2.24, 2.45) is 5.92 Å². The number of carbonyl (C=O) groups excluding carboxylic acids is 1. The molecule has 0 spiro atoms. The summed E-state index contributed by atoms with van der Waals surface area (Å²) in [6.45, 7) is 5.17. The Kier molecular flexibility index (Phi) is 4.45. The number of amides is 1. The van der Waals surface area contributed by atoms with Crippen LogP contribution in [0.15, 0.2) is 10.9 Å². The number of rotatable bonds is 2. The number of anilines is 1. The fourth-order valence-corrected chi connectivity index (χ4v) is 4.75. The zero-order valence-electron chi connectivity index (χ0n) is 14.5. The third kappa shape index (κ3) is 3.27. The summed E-state index contributed by atoms with van der Waals surface area (Å²) in [5.74, 6) is 0.321. The Hall–Kier alpha value is -1.96. The number of aryl methyl sites for hydroxylation is 1. The summed E-state index contributed by atoms with van der Waals surface area (Å²) in [6.07, 6.45) is 5.38. The normalized spacial score (nSPS) is 21.7. The van der Waals surface area contributed by atoms with Crippen molar-refractivity contribution >= 4 is 27.3 Å². The molecule has 7 nitrogen and oxygen atoms in total. The summed E-state index contributed by atoms with van der Waals surface area (Å²) in [7, 11) is 0. The number of aromatic nitrogens is 3. The molecule has 1 amide bonds. The second-order valence-corrected chi connectivity index (χ2v) is 7.92. The lowest BCUT2D eigenvalue weighted by Crippen LogP contribution is -2.46. The van der Waals surface area contributed by atoms with Crippen LogP contribution in [0.1, 0.15) is 37.8 Å². The van der Waals surface area contributed by atoms with Crippen molar-refractivity contribution in [3.63, 3.8) is 0 Å². The van der Waals surface area contributed by atoms with Crippen LogP contribution in [0, 0.1) is 12.8 Å². The molecular formula is C17H23N5O2S. The van der Waals surface area contributed by atoms with Crippen LogP contribution in [0.25, 0.3) is 4.96 Å². The molecule has 0 saturated carbocycles. The average molecular weight is 361 g/mol. The minimum Gasteiger partial charge on any atom is -0.346 e. The van der Waals surface area contributed by atoms with Crippen LogP contribution < -0.4 is 10.5 Å². The number of nitrogens with zero attached hydrogens (tertiary/aromatic N) is 5. The minimum atomic E-state index is -0.150. The second kappa shape index (κ2) is 6.74. The summed E-state index contributed by atoms with van der Waals surface area (Å²) >= 11 is 1.42. The van der Waals surface area contributed by atoms with Crippen molar-refractivity contribution in [2.45, 2.75) is 39.0 Å². The lowest BCUT2D eigenvalue weighted by molar-refractivity contribution is -0.136. The van der Waals surface area contributed by atoms with Gasteiger partial charge in [-0.15, -0.1) is 5.10 Å². The van der Waals surface area contributed by atoms with Gasteiger partial charge in [-0.1, -0.05) is 11.3 Å². The van der Waals surface area contributed by atoms with Crippen molar-refractivity contribution in [1.29, 1.82) is 0 Å². The van der Waals surface area contributed by atoms with E-state index in [1.165, 1.54) is 28.3 Å². The van der Waals surface area contributed by atoms with Crippen LogP contribution in [0.3, 0.4) is 0 Å². The topological polar surface area (TPSA) is 70.8 Å². The number of fused-ring (bicyclic) bond motifs is 1. The highest BCUT2D eigenvalue weighted by Gasteiger charge is 2.31. The largest absolute Gasteiger partial charge is 0.346 e. The molecule has 0 aliphatic carbocycles. The molecule has 2 fully saturated rings. The molecule has 0 bridgehead atoms. The van der Waals surface area contributed by atoms with E-state index in [-0.39, 0.29) is 17.4 Å². The van der Waals surface area contributed by atoms with Crippen LogP contribution in [0.4, 0.5) is 5.13 Å². The Morgan fingerprint density at radius 3 is 2.80 bits per heavy atom. The van der Waals surface area contributed by atoms with Gasteiger partial charge >= 0.3 is 0 Å². The lowest BCUT2D eigenvalue weighted by atomic mass is 9.96. The van der Waals surface area contributed by atoms with Crippen molar-refractivity contribution in [2.75, 3.05) is 31.1 Å². The summed E-state index contributed by atoms with van der Waals surface area (Å²) in [6, 6.07) is 1.50. The monoisotopic (exact) mass is 361 g/mol. The predicted molar refractivity (Wildman–Crippen MR) is 97.2 cm³/mol. The van der Waals surface area contributed by atoms with Crippen molar-refractivity contribution in [3.8, 4) is 0 Å². The van der Waals surface area contributed by atoms with Crippen LogP contribution in [0.2, 0.25) is 0 Å². The van der Waals surface area contributed by atoms with Gasteiger partial charge in [0.15, 0.2) is 0 Å². The van der Waals surface area contributed by atoms with Gasteiger partial charge in [0.2, 0.25) is 16.0 Å². The first kappa shape index (κ1) is 16.5. The fraction of sp³-hybridized carbons (Fsp3) is 0.647. The van der Waals surface area contributed by atoms with E-state index < -0.39 is 0 Å². The molecule has 25 heavy (non-hydrogen) atoms. The summed E-state index contributed by atoms with van der Waals surface area (Å²) < 4.78 is 1.36. The van der Waals surface area contributed by atoms with Crippen LogP contribution >= 0.6 is 11.3 Å². The number of carbonyl (C=O) groups is 1. The molecule has 1 atom stereocenters. The highest BCUT2D eigenvalue weighted by Crippen LogP contribution is 2.28. The Morgan fingerprint density at radius 2 is 2.00 bits per heavy atom. The molecule has 2 aliphatic rings. The number of hydrogen-bond acceptors (Lipinski definition) is 6. The van der Waals surface area contributed by atoms with E-state index in [9.17, 15) is 9.59 Å². The summed E-state index contributed by atoms with van der Waals surface area (Å²) in [5.41, 5.74) is 0.556. The van der Waals surface area contributed by atoms with Crippen molar-refractivity contribution < 1.29 is 4.79 Å². The average Bonchev–Trinajstić information content (AvgIpc) is 3.06. The summed E-state index contributed by atoms with van der Waals surface area (Å²) in [4.78, 5) is 34.1. The van der Waals surface area contributed by atoms with Gasteiger partial charge in [0, 0.05) is 37.9 Å². The first-order chi connectivity index (χ1) is 12.1. The van der Waals surface area contributed by atoms with Gasteiger partial charge in [0.1, 0.15) is 0 Å². The maximum Gasteiger partial charge on any atom is 0.275 e. The van der Waals surface area contributed by atoms with Gasteiger partial charge in [-0.2, -0.15) is 4.52 Å². The number of likely N-dealkylation sites (tertiary alicyclic amines) is 1. The second-order valence-electron chi connectivity index (χ2n) is 6.99. The molecule has 0 radical (unpaired) electrons. The molecule has 1 unspecified atom stereocenters. The van der Waals surface area contributed by atoms with Crippen LogP contribution in [-0.2, 0) is 4.79 Å². The maximum atomic E-state index is 12.8. The van der Waals surface area contributed by atoms with E-state index in [4.69, 9.17) is 0 Å². The molecule has 8 heteroatoms. The van der Waals surface area contributed by atoms with Gasteiger partial charge in [-0.05, 0) is 39.0 Å². The van der Waals surface area contributed by atoms with Gasteiger partial charge in [0.25, 0.3) is 5.56 Å². The Labute approximate surface area is 150 Å². The third-order valence-electron chi connectivity index (χ3n) is 5.07. The van der Waals surface area contributed by atoms with Crippen LogP contribution in [0.5, 0.6) is 0 Å².